The fourth-order valence-electron chi connectivity index (χ4n) is 5.13. The molecular formula is C21H30N3O3. The summed E-state index contributed by atoms with van der Waals surface area (Å²) >= 11 is 0. The van der Waals surface area contributed by atoms with Gasteiger partial charge in [-0.25, -0.2) is 0 Å². The first-order valence-electron chi connectivity index (χ1n) is 9.80. The second-order valence-corrected chi connectivity index (χ2v) is 9.08. The van der Waals surface area contributed by atoms with Gasteiger partial charge in [-0.05, 0) is 55.2 Å². The summed E-state index contributed by atoms with van der Waals surface area (Å²) in [6, 6.07) is 5.23. The highest BCUT2D eigenvalue weighted by Crippen LogP contribution is 2.41. The van der Waals surface area contributed by atoms with Gasteiger partial charge in [-0.15, -0.1) is 0 Å². The molecule has 2 N–H and O–H groups in total. The second-order valence-electron chi connectivity index (χ2n) is 9.08. The molecule has 0 bridgehead atoms. The van der Waals surface area contributed by atoms with Gasteiger partial charge in [-0.1, -0.05) is 26.8 Å². The lowest BCUT2D eigenvalue weighted by Gasteiger charge is -2.39. The third-order valence-electron chi connectivity index (χ3n) is 5.96. The van der Waals surface area contributed by atoms with Crippen molar-refractivity contribution in [2.75, 3.05) is 11.9 Å². The number of rotatable bonds is 5. The Morgan fingerprint density at radius 3 is 2.74 bits per heavy atom. The summed E-state index contributed by atoms with van der Waals surface area (Å²) in [6.45, 7) is 11.0. The van der Waals surface area contributed by atoms with Crippen LogP contribution < -0.4 is 10.6 Å². The molecule has 3 rings (SSSR count). The number of nitrogens with zero attached hydrogens (tertiary/aromatic N) is 1. The van der Waals surface area contributed by atoms with Crippen LogP contribution in [0.5, 0.6) is 0 Å². The fraction of sp³-hybridized carbons (Fsp3) is 0.619. The first-order valence-corrected chi connectivity index (χ1v) is 9.80. The van der Waals surface area contributed by atoms with E-state index in [-0.39, 0.29) is 39.8 Å². The second kappa shape index (κ2) is 7.58. The zero-order valence-electron chi connectivity index (χ0n) is 16.5. The zero-order chi connectivity index (χ0) is 19.8. The topological polar surface area (TPSA) is 84.3 Å². The van der Waals surface area contributed by atoms with Crippen LogP contribution in [0.4, 0.5) is 11.4 Å². The molecule has 6 heteroatoms. The Balaban J connectivity index is 1.84. The van der Waals surface area contributed by atoms with E-state index in [1.165, 1.54) is 6.42 Å². The van der Waals surface area contributed by atoms with Crippen LogP contribution in [-0.4, -0.2) is 29.3 Å². The minimum atomic E-state index is -0.358. The number of anilines is 1. The van der Waals surface area contributed by atoms with Crippen LogP contribution in [0.2, 0.25) is 0 Å². The lowest BCUT2D eigenvalue weighted by atomic mass is 9.70. The summed E-state index contributed by atoms with van der Waals surface area (Å²) in [5.74, 6) is 0.370. The van der Waals surface area contributed by atoms with Crippen LogP contribution in [-0.2, 0) is 4.79 Å². The monoisotopic (exact) mass is 372 g/mol. The minimum Gasteiger partial charge on any atom is -0.377 e. The normalized spacial score (nSPS) is 30.1. The molecule has 27 heavy (non-hydrogen) atoms. The van der Waals surface area contributed by atoms with Crippen molar-refractivity contribution in [1.29, 1.82) is 0 Å². The van der Waals surface area contributed by atoms with Crippen LogP contribution in [0.3, 0.4) is 0 Å². The first kappa shape index (κ1) is 19.8. The molecule has 2 fully saturated rings. The molecule has 147 valence electrons. The standard InChI is InChI=1S/C21H30N3O3/c1-13-9-16(12-21(3,4)11-13)23-18-6-5-15(10-19(18)24(26)27)17-7-8-22-20(17)14(2)25/h5-6,10,13,16-17,20,22-23H,2,7-9,11-12H2,1,3-4H3/t13-,16+,17?,20+/m0/s1. The third kappa shape index (κ3) is 4.49. The van der Waals surface area contributed by atoms with Gasteiger partial charge in [0, 0.05) is 24.9 Å². The Kier molecular flexibility index (Phi) is 5.56. The summed E-state index contributed by atoms with van der Waals surface area (Å²) in [7, 11) is 0. The number of hydrogen-bond donors (Lipinski definition) is 2. The molecule has 6 nitrogen and oxygen atoms in total. The molecule has 4 atom stereocenters. The van der Waals surface area contributed by atoms with Crippen LogP contribution in [0.1, 0.15) is 57.9 Å². The summed E-state index contributed by atoms with van der Waals surface area (Å²) in [5, 5.41) is 18.3. The molecule has 1 heterocycles. The maximum atomic E-state index is 11.7. The SMILES string of the molecule is [CH2]C(=O)[C@H]1NCCC1c1ccc(N[C@@H]2C[C@H](C)CC(C)(C)C2)c([N+](=O)[O-])c1. The van der Waals surface area contributed by atoms with E-state index < -0.39 is 0 Å². The first-order chi connectivity index (χ1) is 12.7. The van der Waals surface area contributed by atoms with Gasteiger partial charge in [-0.2, -0.15) is 0 Å². The number of Topliss-reactive ketones (excluding diaryl/α,β-unsaturated/α-hetero) is 1. The molecule has 1 aromatic rings. The van der Waals surface area contributed by atoms with Gasteiger partial charge in [0.25, 0.3) is 5.69 Å². The van der Waals surface area contributed by atoms with Crippen LogP contribution in [0, 0.1) is 28.4 Å². The molecule has 1 radical (unpaired) electrons. The number of nitro groups is 1. The van der Waals surface area contributed by atoms with Crippen molar-refractivity contribution in [2.45, 2.75) is 64.5 Å². The number of carbonyl (C=O) groups excluding carboxylic acids is 1. The van der Waals surface area contributed by atoms with Gasteiger partial charge in [0.1, 0.15) is 5.69 Å². The predicted molar refractivity (Wildman–Crippen MR) is 107 cm³/mol. The van der Waals surface area contributed by atoms with Crippen LogP contribution in [0.25, 0.3) is 0 Å². The highest BCUT2D eigenvalue weighted by Gasteiger charge is 2.35. The average molecular weight is 372 g/mol. The predicted octanol–water partition coefficient (Wildman–Crippen LogP) is 4.07. The van der Waals surface area contributed by atoms with E-state index in [9.17, 15) is 14.9 Å². The van der Waals surface area contributed by atoms with Gasteiger partial charge >= 0.3 is 0 Å². The Labute approximate surface area is 161 Å². The summed E-state index contributed by atoms with van der Waals surface area (Å²) in [4.78, 5) is 23.1. The van der Waals surface area contributed by atoms with Gasteiger partial charge in [-0.3, -0.25) is 14.9 Å². The van der Waals surface area contributed by atoms with E-state index in [1.54, 1.807) is 6.07 Å². The lowest BCUT2D eigenvalue weighted by Crippen LogP contribution is -2.35. The van der Waals surface area contributed by atoms with Gasteiger partial charge in [0.2, 0.25) is 0 Å². The Hall–Kier alpha value is -1.95. The van der Waals surface area contributed by atoms with E-state index in [4.69, 9.17) is 0 Å². The van der Waals surface area contributed by atoms with Crippen LogP contribution >= 0.6 is 0 Å². The highest BCUT2D eigenvalue weighted by atomic mass is 16.6. The van der Waals surface area contributed by atoms with Gasteiger partial charge in [0.05, 0.1) is 11.0 Å². The van der Waals surface area contributed by atoms with Crippen molar-refractivity contribution in [3.63, 3.8) is 0 Å². The Bertz CT molecular complexity index is 731. The average Bonchev–Trinajstić information content (AvgIpc) is 3.02. The Morgan fingerprint density at radius 1 is 1.37 bits per heavy atom. The Morgan fingerprint density at radius 2 is 2.11 bits per heavy atom. The molecule has 1 unspecified atom stereocenters. The van der Waals surface area contributed by atoms with Crippen molar-refractivity contribution in [3.05, 3.63) is 40.8 Å². The molecule has 1 aliphatic heterocycles. The molecule has 2 aliphatic rings. The lowest BCUT2D eigenvalue weighted by molar-refractivity contribution is -0.384. The largest absolute Gasteiger partial charge is 0.377 e. The molecule has 1 saturated carbocycles. The molecule has 0 amide bonds. The molecule has 1 aliphatic carbocycles. The number of carbonyl (C=O) groups is 1. The van der Waals surface area contributed by atoms with Crippen molar-refractivity contribution >= 4 is 17.2 Å². The minimum absolute atomic E-state index is 0.0589. The molecule has 1 aromatic carbocycles. The molecule has 1 saturated heterocycles. The fourth-order valence-corrected chi connectivity index (χ4v) is 5.13. The maximum absolute atomic E-state index is 11.7. The van der Waals surface area contributed by atoms with E-state index in [0.717, 1.165) is 31.4 Å². The van der Waals surface area contributed by atoms with Gasteiger partial charge < -0.3 is 10.6 Å². The number of nitro benzene ring substituents is 1. The van der Waals surface area contributed by atoms with Crippen LogP contribution in [0.15, 0.2) is 18.2 Å². The van der Waals surface area contributed by atoms with Crippen molar-refractivity contribution in [2.24, 2.45) is 11.3 Å². The van der Waals surface area contributed by atoms with Gasteiger partial charge in [0.15, 0.2) is 5.78 Å². The van der Waals surface area contributed by atoms with E-state index >= 15 is 0 Å². The molecular weight excluding hydrogens is 342 g/mol. The van der Waals surface area contributed by atoms with Crippen molar-refractivity contribution < 1.29 is 9.72 Å². The van der Waals surface area contributed by atoms with E-state index in [1.807, 2.05) is 12.1 Å². The number of nitrogens with one attached hydrogen (secondary N) is 2. The summed E-state index contributed by atoms with van der Waals surface area (Å²) in [5.41, 5.74) is 1.73. The van der Waals surface area contributed by atoms with E-state index in [2.05, 4.69) is 38.3 Å². The molecule has 0 aromatic heterocycles. The highest BCUT2D eigenvalue weighted by molar-refractivity contribution is 5.89. The molecule has 0 spiro atoms. The number of hydrogen-bond acceptors (Lipinski definition) is 5. The third-order valence-corrected chi connectivity index (χ3v) is 5.96. The number of ketones is 1. The smallest absolute Gasteiger partial charge is 0.292 e. The summed E-state index contributed by atoms with van der Waals surface area (Å²) in [6.07, 6.45) is 3.99. The summed E-state index contributed by atoms with van der Waals surface area (Å²) < 4.78 is 0. The van der Waals surface area contributed by atoms with Crippen molar-refractivity contribution in [1.82, 2.24) is 5.32 Å². The van der Waals surface area contributed by atoms with Crippen molar-refractivity contribution in [3.8, 4) is 0 Å². The number of benzene rings is 1. The zero-order valence-corrected chi connectivity index (χ0v) is 16.5. The van der Waals surface area contributed by atoms with E-state index in [0.29, 0.717) is 11.6 Å². The maximum Gasteiger partial charge on any atom is 0.292 e. The quantitative estimate of drug-likeness (QED) is 0.601.